The van der Waals surface area contributed by atoms with Gasteiger partial charge in [-0.3, -0.25) is 4.99 Å². The molecule has 7 rings (SSSR count). The van der Waals surface area contributed by atoms with Crippen LogP contribution in [-0.4, -0.2) is 12.4 Å². The average Bonchev–Trinajstić information content (AvgIpc) is 3.17. The van der Waals surface area contributed by atoms with Gasteiger partial charge in [0.2, 0.25) is 0 Å². The Balaban J connectivity index is 1.62. The number of aliphatic imine (C=N–C) groups is 1. The minimum atomic E-state index is -0.125. The van der Waals surface area contributed by atoms with Crippen LogP contribution in [0.15, 0.2) is 199 Å². The quantitative estimate of drug-likeness (QED) is 0.112. The van der Waals surface area contributed by atoms with Crippen LogP contribution in [0.2, 0.25) is 0 Å². The van der Waals surface area contributed by atoms with Crippen molar-refractivity contribution in [2.45, 2.75) is 11.8 Å². The summed E-state index contributed by atoms with van der Waals surface area (Å²) in [5, 5.41) is 8.02. The van der Waals surface area contributed by atoms with E-state index in [1.807, 2.05) is 0 Å². The summed E-state index contributed by atoms with van der Waals surface area (Å²) >= 11 is 0. The first kappa shape index (κ1) is 31.3. The van der Waals surface area contributed by atoms with Crippen LogP contribution in [-0.2, 0) is 0 Å². The third kappa shape index (κ3) is 6.88. The highest BCUT2D eigenvalue weighted by Crippen LogP contribution is 2.48. The highest BCUT2D eigenvalue weighted by molar-refractivity contribution is 6.15. The number of para-hydroxylation sites is 2. The van der Waals surface area contributed by atoms with E-state index >= 15 is 0 Å². The van der Waals surface area contributed by atoms with Crippen LogP contribution in [0.1, 0.15) is 45.2 Å². The third-order valence-corrected chi connectivity index (χ3v) is 8.87. The third-order valence-electron chi connectivity index (χ3n) is 8.87. The zero-order valence-corrected chi connectivity index (χ0v) is 27.2. The Labute approximate surface area is 289 Å². The lowest BCUT2D eigenvalue weighted by atomic mass is 9.78. The van der Waals surface area contributed by atoms with E-state index in [4.69, 9.17) is 10.4 Å². The molecule has 0 fully saturated rings. The van der Waals surface area contributed by atoms with Crippen LogP contribution in [0.25, 0.3) is 0 Å². The zero-order valence-electron chi connectivity index (χ0n) is 27.2. The maximum atomic E-state index is 8.02. The van der Waals surface area contributed by atoms with Crippen LogP contribution < -0.4 is 4.90 Å². The minimum Gasteiger partial charge on any atom is -0.310 e. The highest BCUT2D eigenvalue weighted by atomic mass is 15.1. The van der Waals surface area contributed by atoms with Crippen molar-refractivity contribution >= 4 is 35.2 Å². The Kier molecular flexibility index (Phi) is 9.62. The number of benzene rings is 7. The smallest absolute Gasteiger partial charge is 0.0715 e. The average molecular weight is 632 g/mol. The van der Waals surface area contributed by atoms with Crippen LogP contribution in [0.3, 0.4) is 0 Å². The Bertz CT molecular complexity index is 1890. The molecule has 7 aromatic rings. The Morgan fingerprint density at radius 1 is 0.408 bits per heavy atom. The molecule has 0 atom stereocenters. The van der Waals surface area contributed by atoms with E-state index in [0.29, 0.717) is 0 Å². The van der Waals surface area contributed by atoms with Gasteiger partial charge in [0.1, 0.15) is 0 Å². The zero-order chi connectivity index (χ0) is 33.3. The van der Waals surface area contributed by atoms with Crippen molar-refractivity contribution in [3.05, 3.63) is 228 Å². The maximum absolute atomic E-state index is 8.02. The van der Waals surface area contributed by atoms with E-state index in [-0.39, 0.29) is 11.8 Å². The molecule has 0 spiro atoms. The number of nitrogens with one attached hydrogen (secondary N) is 1. The van der Waals surface area contributed by atoms with Gasteiger partial charge in [-0.15, -0.1) is 0 Å². The Hall–Kier alpha value is -6.32. The fraction of sp³-hybridized carbons (Fsp3) is 0.0435. The Morgan fingerprint density at radius 2 is 0.714 bits per heavy atom. The van der Waals surface area contributed by atoms with Gasteiger partial charge in [-0.2, -0.15) is 0 Å². The second kappa shape index (κ2) is 15.1. The minimum absolute atomic E-state index is 0.125. The molecule has 0 aliphatic rings. The largest absolute Gasteiger partial charge is 0.310 e. The van der Waals surface area contributed by atoms with E-state index in [0.717, 1.165) is 33.9 Å². The van der Waals surface area contributed by atoms with Crippen LogP contribution in [0.4, 0.5) is 22.7 Å². The molecule has 0 aromatic heterocycles. The van der Waals surface area contributed by atoms with Gasteiger partial charge in [0.15, 0.2) is 0 Å². The fourth-order valence-corrected chi connectivity index (χ4v) is 6.78. The highest BCUT2D eigenvalue weighted by Gasteiger charge is 2.29. The molecule has 0 unspecified atom stereocenters. The molecule has 49 heavy (non-hydrogen) atoms. The molecular weight excluding hydrogens is 595 g/mol. The van der Waals surface area contributed by atoms with Gasteiger partial charge >= 0.3 is 0 Å². The topological polar surface area (TPSA) is 39.5 Å². The van der Waals surface area contributed by atoms with Gasteiger partial charge in [0.25, 0.3) is 0 Å². The number of rotatable bonds is 11. The number of anilines is 3. The summed E-state index contributed by atoms with van der Waals surface area (Å²) in [7, 11) is 0. The van der Waals surface area contributed by atoms with Gasteiger partial charge in [-0.1, -0.05) is 158 Å². The van der Waals surface area contributed by atoms with Crippen molar-refractivity contribution in [3.8, 4) is 0 Å². The molecule has 3 nitrogen and oxygen atoms in total. The van der Waals surface area contributed by atoms with E-state index in [1.165, 1.54) is 28.5 Å². The summed E-state index contributed by atoms with van der Waals surface area (Å²) in [6.07, 6.45) is 2.87. The molecule has 0 saturated carbocycles. The molecule has 0 radical (unpaired) electrons. The van der Waals surface area contributed by atoms with Gasteiger partial charge in [0.05, 0.1) is 5.69 Å². The molecule has 0 bridgehead atoms. The summed E-state index contributed by atoms with van der Waals surface area (Å²) in [5.74, 6) is -0.251. The standard InChI is InChI=1S/C46H37N3/c47-31-32-48-46-42(44(35-19-7-1-8-20-35)36-21-9-2-10-22-36)33-41(49(39-27-15-5-16-28-39)40-29-17-6-18-30-40)34-43(46)45(37-23-11-3-12-24-37)38-25-13-4-14-26-38/h1-34,44-45,47H/b47-31?,48-32+. The fourth-order valence-electron chi connectivity index (χ4n) is 6.78. The lowest BCUT2D eigenvalue weighted by molar-refractivity contribution is 0.937. The molecular formula is C46H37N3. The molecule has 7 aromatic carbocycles. The molecule has 1 N–H and O–H groups in total. The van der Waals surface area contributed by atoms with E-state index < -0.39 is 0 Å². The predicted octanol–water partition coefficient (Wildman–Crippen LogP) is 11.9. The van der Waals surface area contributed by atoms with Crippen molar-refractivity contribution in [2.75, 3.05) is 4.90 Å². The molecule has 3 heteroatoms. The van der Waals surface area contributed by atoms with E-state index in [2.05, 4.69) is 199 Å². The van der Waals surface area contributed by atoms with Crippen molar-refractivity contribution < 1.29 is 0 Å². The summed E-state index contributed by atoms with van der Waals surface area (Å²) in [4.78, 5) is 7.46. The first-order valence-electron chi connectivity index (χ1n) is 16.6. The first-order chi connectivity index (χ1) is 24.3. The maximum Gasteiger partial charge on any atom is 0.0715 e. The summed E-state index contributed by atoms with van der Waals surface area (Å²) in [6.45, 7) is 0. The lowest BCUT2D eigenvalue weighted by Crippen LogP contribution is -2.14. The van der Waals surface area contributed by atoms with Crippen LogP contribution in [0.5, 0.6) is 0 Å². The molecule has 0 aliphatic carbocycles. The monoisotopic (exact) mass is 631 g/mol. The molecule has 0 saturated heterocycles. The van der Waals surface area contributed by atoms with Gasteiger partial charge < -0.3 is 10.3 Å². The lowest BCUT2D eigenvalue weighted by Gasteiger charge is -2.31. The van der Waals surface area contributed by atoms with Crippen LogP contribution >= 0.6 is 0 Å². The predicted molar refractivity (Wildman–Crippen MR) is 206 cm³/mol. The van der Waals surface area contributed by atoms with E-state index in [1.54, 1.807) is 6.21 Å². The SMILES string of the molecule is N=C/C=N/c1c(C(c2ccccc2)c2ccccc2)cc(N(c2ccccc2)c2ccccc2)cc1C(c1ccccc1)c1ccccc1. The van der Waals surface area contributed by atoms with Crippen molar-refractivity contribution in [2.24, 2.45) is 4.99 Å². The van der Waals surface area contributed by atoms with Crippen LogP contribution in [0, 0.1) is 5.41 Å². The number of nitrogens with zero attached hydrogens (tertiary/aromatic N) is 2. The number of hydrogen-bond acceptors (Lipinski definition) is 3. The van der Waals surface area contributed by atoms with Gasteiger partial charge in [-0.05, 0) is 69.8 Å². The number of hydrogen-bond donors (Lipinski definition) is 1. The van der Waals surface area contributed by atoms with E-state index in [9.17, 15) is 0 Å². The second-order valence-electron chi connectivity index (χ2n) is 11.9. The normalized spacial score (nSPS) is 11.2. The Morgan fingerprint density at radius 3 is 1.02 bits per heavy atom. The molecule has 0 aliphatic heterocycles. The molecule has 0 heterocycles. The first-order valence-corrected chi connectivity index (χ1v) is 16.6. The van der Waals surface area contributed by atoms with Crippen molar-refractivity contribution in [3.63, 3.8) is 0 Å². The summed E-state index contributed by atoms with van der Waals surface area (Å²) in [5.41, 5.74) is 10.8. The summed E-state index contributed by atoms with van der Waals surface area (Å²) < 4.78 is 0. The van der Waals surface area contributed by atoms with Crippen molar-refractivity contribution in [1.29, 1.82) is 5.41 Å². The summed E-state index contributed by atoms with van der Waals surface area (Å²) in [6, 6.07) is 68.4. The van der Waals surface area contributed by atoms with Gasteiger partial charge in [-0.25, -0.2) is 0 Å². The molecule has 236 valence electrons. The van der Waals surface area contributed by atoms with Gasteiger partial charge in [0, 0.05) is 41.3 Å². The van der Waals surface area contributed by atoms with Crippen molar-refractivity contribution in [1.82, 2.24) is 0 Å². The molecule has 0 amide bonds. The second-order valence-corrected chi connectivity index (χ2v) is 11.9.